The monoisotopic (exact) mass is 342 g/mol. The molecule has 4 nitrogen and oxygen atoms in total. The first-order chi connectivity index (χ1) is 9.53. The van der Waals surface area contributed by atoms with E-state index in [4.69, 9.17) is 4.74 Å². The topological polar surface area (TPSA) is 41.6 Å². The Morgan fingerprint density at radius 3 is 2.55 bits per heavy atom. The molecule has 0 aliphatic rings. The minimum Gasteiger partial charge on any atom is -0.496 e. The van der Waals surface area contributed by atoms with Crippen LogP contribution in [0.1, 0.15) is 32.4 Å². The summed E-state index contributed by atoms with van der Waals surface area (Å²) in [6.07, 6.45) is 0. The van der Waals surface area contributed by atoms with Crippen molar-refractivity contribution in [3.05, 3.63) is 28.2 Å². The van der Waals surface area contributed by atoms with Crippen LogP contribution in [-0.4, -0.2) is 37.6 Å². The Hall–Kier alpha value is -1.07. The van der Waals surface area contributed by atoms with Gasteiger partial charge in [-0.3, -0.25) is 4.79 Å². The third-order valence-corrected chi connectivity index (χ3v) is 3.97. The second kappa shape index (κ2) is 8.27. The number of carbonyl (C=O) groups excluding carboxylic acids is 1. The van der Waals surface area contributed by atoms with Crippen LogP contribution in [0.15, 0.2) is 22.7 Å². The maximum absolute atomic E-state index is 11.9. The SMILES string of the molecule is CCN(CC)C(=O)CNC(C)c1ccc(OC)c(Br)c1. The number of amides is 1. The van der Waals surface area contributed by atoms with E-state index in [9.17, 15) is 4.79 Å². The van der Waals surface area contributed by atoms with E-state index in [1.165, 1.54) is 0 Å². The smallest absolute Gasteiger partial charge is 0.236 e. The number of likely N-dealkylation sites (N-methyl/N-ethyl adjacent to an activating group) is 1. The average molecular weight is 343 g/mol. The number of methoxy groups -OCH3 is 1. The van der Waals surface area contributed by atoms with Gasteiger partial charge in [0.15, 0.2) is 0 Å². The zero-order chi connectivity index (χ0) is 15.1. The highest BCUT2D eigenvalue weighted by molar-refractivity contribution is 9.10. The third kappa shape index (κ3) is 4.49. The van der Waals surface area contributed by atoms with Crippen molar-refractivity contribution in [1.82, 2.24) is 10.2 Å². The van der Waals surface area contributed by atoms with Crippen molar-refractivity contribution in [2.75, 3.05) is 26.7 Å². The number of hydrogen-bond acceptors (Lipinski definition) is 3. The molecule has 0 saturated heterocycles. The van der Waals surface area contributed by atoms with E-state index >= 15 is 0 Å². The fraction of sp³-hybridized carbons (Fsp3) is 0.533. The molecule has 1 amide bonds. The average Bonchev–Trinajstić information content (AvgIpc) is 2.45. The largest absolute Gasteiger partial charge is 0.496 e. The van der Waals surface area contributed by atoms with Crippen molar-refractivity contribution >= 4 is 21.8 Å². The molecule has 1 aromatic rings. The fourth-order valence-electron chi connectivity index (χ4n) is 2.00. The Labute approximate surface area is 129 Å². The highest BCUT2D eigenvalue weighted by Crippen LogP contribution is 2.27. The molecule has 0 spiro atoms. The van der Waals surface area contributed by atoms with Gasteiger partial charge in [-0.05, 0) is 54.4 Å². The Morgan fingerprint density at radius 2 is 2.05 bits per heavy atom. The number of halogens is 1. The molecule has 1 aromatic carbocycles. The van der Waals surface area contributed by atoms with Gasteiger partial charge in [0.05, 0.1) is 18.1 Å². The van der Waals surface area contributed by atoms with Crippen LogP contribution in [0.2, 0.25) is 0 Å². The van der Waals surface area contributed by atoms with E-state index in [-0.39, 0.29) is 11.9 Å². The molecule has 0 aromatic heterocycles. The molecule has 20 heavy (non-hydrogen) atoms. The van der Waals surface area contributed by atoms with Gasteiger partial charge in [0.25, 0.3) is 0 Å². The van der Waals surface area contributed by atoms with E-state index in [2.05, 4.69) is 21.2 Å². The van der Waals surface area contributed by atoms with Gasteiger partial charge in [-0.25, -0.2) is 0 Å². The van der Waals surface area contributed by atoms with Crippen molar-refractivity contribution in [1.29, 1.82) is 0 Å². The zero-order valence-electron chi connectivity index (χ0n) is 12.6. The summed E-state index contributed by atoms with van der Waals surface area (Å²) in [4.78, 5) is 13.8. The summed E-state index contributed by atoms with van der Waals surface area (Å²) < 4.78 is 6.13. The van der Waals surface area contributed by atoms with Crippen LogP contribution in [-0.2, 0) is 4.79 Å². The number of ether oxygens (including phenoxy) is 1. The molecular formula is C15H23BrN2O2. The van der Waals surface area contributed by atoms with Crippen LogP contribution in [0.4, 0.5) is 0 Å². The molecule has 0 heterocycles. The summed E-state index contributed by atoms with van der Waals surface area (Å²) in [6, 6.07) is 6.04. The molecule has 0 radical (unpaired) electrons. The van der Waals surface area contributed by atoms with Crippen LogP contribution >= 0.6 is 15.9 Å². The predicted molar refractivity (Wildman–Crippen MR) is 85.0 cm³/mol. The maximum Gasteiger partial charge on any atom is 0.236 e. The first kappa shape index (κ1) is 17.0. The lowest BCUT2D eigenvalue weighted by Gasteiger charge is -2.21. The molecule has 5 heteroatoms. The van der Waals surface area contributed by atoms with Gasteiger partial charge in [0, 0.05) is 19.1 Å². The number of benzene rings is 1. The minimum absolute atomic E-state index is 0.108. The highest BCUT2D eigenvalue weighted by Gasteiger charge is 2.12. The molecule has 1 atom stereocenters. The quantitative estimate of drug-likeness (QED) is 0.828. The van der Waals surface area contributed by atoms with Crippen LogP contribution in [0, 0.1) is 0 Å². The molecule has 1 rings (SSSR count). The normalized spacial score (nSPS) is 12.1. The Balaban J connectivity index is 2.61. The molecule has 1 N–H and O–H groups in total. The molecule has 0 aliphatic heterocycles. The standard InChI is InChI=1S/C15H23BrN2O2/c1-5-18(6-2)15(19)10-17-11(3)12-7-8-14(20-4)13(16)9-12/h7-9,11,17H,5-6,10H2,1-4H3. The number of nitrogens with zero attached hydrogens (tertiary/aromatic N) is 1. The van der Waals surface area contributed by atoms with Gasteiger partial charge < -0.3 is 15.0 Å². The summed E-state index contributed by atoms with van der Waals surface area (Å²) in [7, 11) is 1.64. The molecule has 1 unspecified atom stereocenters. The summed E-state index contributed by atoms with van der Waals surface area (Å²) in [5.74, 6) is 0.939. The molecule has 0 fully saturated rings. The van der Waals surface area contributed by atoms with E-state index in [0.717, 1.165) is 28.9 Å². The van der Waals surface area contributed by atoms with Gasteiger partial charge in [-0.1, -0.05) is 6.07 Å². The van der Waals surface area contributed by atoms with Gasteiger partial charge in [0.2, 0.25) is 5.91 Å². The molecule has 0 bridgehead atoms. The van der Waals surface area contributed by atoms with E-state index in [0.29, 0.717) is 6.54 Å². The summed E-state index contributed by atoms with van der Waals surface area (Å²) >= 11 is 3.47. The lowest BCUT2D eigenvalue weighted by atomic mass is 10.1. The lowest BCUT2D eigenvalue weighted by molar-refractivity contribution is -0.129. The summed E-state index contributed by atoms with van der Waals surface area (Å²) in [6.45, 7) is 7.88. The number of carbonyl (C=O) groups is 1. The van der Waals surface area contributed by atoms with Crippen molar-refractivity contribution in [2.24, 2.45) is 0 Å². The zero-order valence-corrected chi connectivity index (χ0v) is 14.2. The summed E-state index contributed by atoms with van der Waals surface area (Å²) in [5, 5.41) is 3.26. The van der Waals surface area contributed by atoms with Crippen LogP contribution in [0.5, 0.6) is 5.75 Å². The predicted octanol–water partition coefficient (Wildman–Crippen LogP) is 2.98. The van der Waals surface area contributed by atoms with Crippen molar-refractivity contribution in [2.45, 2.75) is 26.8 Å². The highest BCUT2D eigenvalue weighted by atomic mass is 79.9. The first-order valence-electron chi connectivity index (χ1n) is 6.88. The minimum atomic E-state index is 0.108. The van der Waals surface area contributed by atoms with Crippen molar-refractivity contribution < 1.29 is 9.53 Å². The third-order valence-electron chi connectivity index (χ3n) is 3.35. The second-order valence-electron chi connectivity index (χ2n) is 4.56. The van der Waals surface area contributed by atoms with Gasteiger partial charge in [-0.15, -0.1) is 0 Å². The summed E-state index contributed by atoms with van der Waals surface area (Å²) in [5.41, 5.74) is 1.12. The lowest BCUT2D eigenvalue weighted by Crippen LogP contribution is -2.38. The van der Waals surface area contributed by atoms with E-state index < -0.39 is 0 Å². The molecular weight excluding hydrogens is 320 g/mol. The van der Waals surface area contributed by atoms with Gasteiger partial charge >= 0.3 is 0 Å². The number of hydrogen-bond donors (Lipinski definition) is 1. The maximum atomic E-state index is 11.9. The second-order valence-corrected chi connectivity index (χ2v) is 5.42. The Morgan fingerprint density at radius 1 is 1.40 bits per heavy atom. The number of rotatable bonds is 7. The Kier molecular flexibility index (Phi) is 7.02. The fourth-order valence-corrected chi connectivity index (χ4v) is 2.56. The molecule has 0 aliphatic carbocycles. The molecule has 112 valence electrons. The van der Waals surface area contributed by atoms with Crippen LogP contribution in [0.3, 0.4) is 0 Å². The van der Waals surface area contributed by atoms with E-state index in [1.807, 2.05) is 43.9 Å². The van der Waals surface area contributed by atoms with Crippen molar-refractivity contribution in [3.63, 3.8) is 0 Å². The van der Waals surface area contributed by atoms with E-state index in [1.54, 1.807) is 7.11 Å². The van der Waals surface area contributed by atoms with Crippen molar-refractivity contribution in [3.8, 4) is 5.75 Å². The van der Waals surface area contributed by atoms with Crippen LogP contribution in [0.25, 0.3) is 0 Å². The van der Waals surface area contributed by atoms with Crippen LogP contribution < -0.4 is 10.1 Å². The first-order valence-corrected chi connectivity index (χ1v) is 7.67. The number of nitrogens with one attached hydrogen (secondary N) is 1. The van der Waals surface area contributed by atoms with Gasteiger partial charge in [0.1, 0.15) is 5.75 Å². The molecule has 0 saturated carbocycles. The van der Waals surface area contributed by atoms with Gasteiger partial charge in [-0.2, -0.15) is 0 Å². The Bertz CT molecular complexity index is 447.